The molecule has 1 aromatic heterocycles. The smallest absolute Gasteiger partial charge is 0.251 e. The highest BCUT2D eigenvalue weighted by atomic mass is 16.1. The van der Waals surface area contributed by atoms with Crippen LogP contribution in [0.15, 0.2) is 18.3 Å². The topological polar surface area (TPSA) is 73.1 Å². The SMILES string of the molecule is CC(C)(C)C1CCC(C(=O)c2ncccc2C(N)=O)CC1. The molecule has 0 spiro atoms. The number of hydrogen-bond donors (Lipinski definition) is 1. The first-order valence-corrected chi connectivity index (χ1v) is 7.59. The van der Waals surface area contributed by atoms with E-state index >= 15 is 0 Å². The van der Waals surface area contributed by atoms with Gasteiger partial charge in [-0.2, -0.15) is 0 Å². The molecule has 1 heterocycles. The van der Waals surface area contributed by atoms with Gasteiger partial charge < -0.3 is 5.73 Å². The van der Waals surface area contributed by atoms with E-state index in [1.54, 1.807) is 18.3 Å². The maximum absolute atomic E-state index is 12.6. The number of primary amides is 1. The zero-order valence-corrected chi connectivity index (χ0v) is 13.1. The Morgan fingerprint density at radius 1 is 1.19 bits per heavy atom. The van der Waals surface area contributed by atoms with Crippen molar-refractivity contribution in [1.29, 1.82) is 0 Å². The number of amides is 1. The Bertz CT molecular complexity index is 538. The summed E-state index contributed by atoms with van der Waals surface area (Å²) >= 11 is 0. The van der Waals surface area contributed by atoms with Gasteiger partial charge in [0.25, 0.3) is 5.91 Å². The molecule has 0 bridgehead atoms. The molecule has 1 aliphatic carbocycles. The summed E-state index contributed by atoms with van der Waals surface area (Å²) in [4.78, 5) is 28.1. The molecule has 1 aromatic rings. The second kappa shape index (κ2) is 5.96. The van der Waals surface area contributed by atoms with Crippen LogP contribution in [0.3, 0.4) is 0 Å². The van der Waals surface area contributed by atoms with E-state index in [1.807, 2.05) is 0 Å². The van der Waals surface area contributed by atoms with Gasteiger partial charge in [0.05, 0.1) is 5.56 Å². The number of ketones is 1. The molecule has 0 saturated heterocycles. The molecule has 2 N–H and O–H groups in total. The summed E-state index contributed by atoms with van der Waals surface area (Å²) in [7, 11) is 0. The highest BCUT2D eigenvalue weighted by molar-refractivity contribution is 6.07. The monoisotopic (exact) mass is 288 g/mol. The minimum Gasteiger partial charge on any atom is -0.366 e. The number of nitrogens with zero attached hydrogens (tertiary/aromatic N) is 1. The van der Waals surface area contributed by atoms with Gasteiger partial charge in [-0.15, -0.1) is 0 Å². The van der Waals surface area contributed by atoms with Crippen molar-refractivity contribution in [2.75, 3.05) is 0 Å². The molecular formula is C17H24N2O2. The first-order chi connectivity index (χ1) is 9.80. The van der Waals surface area contributed by atoms with Crippen molar-refractivity contribution >= 4 is 11.7 Å². The highest BCUT2D eigenvalue weighted by Crippen LogP contribution is 2.40. The molecule has 1 amide bonds. The van der Waals surface area contributed by atoms with Crippen LogP contribution in [0.2, 0.25) is 0 Å². The van der Waals surface area contributed by atoms with Crippen LogP contribution in [0.4, 0.5) is 0 Å². The highest BCUT2D eigenvalue weighted by Gasteiger charge is 2.33. The number of rotatable bonds is 3. The molecule has 4 nitrogen and oxygen atoms in total. The lowest BCUT2D eigenvalue weighted by molar-refractivity contribution is 0.0808. The predicted molar refractivity (Wildman–Crippen MR) is 82.0 cm³/mol. The standard InChI is InChI=1S/C17H24N2O2/c1-17(2,3)12-8-6-11(7-9-12)15(20)14-13(16(18)21)5-4-10-19-14/h4-5,10-12H,6-9H2,1-3H3,(H2,18,21). The summed E-state index contributed by atoms with van der Waals surface area (Å²) in [6.07, 6.45) is 5.39. The number of aromatic nitrogens is 1. The van der Waals surface area contributed by atoms with E-state index in [-0.39, 0.29) is 28.4 Å². The van der Waals surface area contributed by atoms with Crippen molar-refractivity contribution < 1.29 is 9.59 Å². The van der Waals surface area contributed by atoms with Crippen molar-refractivity contribution in [3.8, 4) is 0 Å². The maximum atomic E-state index is 12.6. The third-order valence-electron chi connectivity index (χ3n) is 4.63. The van der Waals surface area contributed by atoms with E-state index in [9.17, 15) is 9.59 Å². The second-order valence-corrected chi connectivity index (χ2v) is 7.04. The van der Waals surface area contributed by atoms with Crippen molar-refractivity contribution in [3.05, 3.63) is 29.6 Å². The maximum Gasteiger partial charge on any atom is 0.251 e. The minimum absolute atomic E-state index is 0.0308. The van der Waals surface area contributed by atoms with Crippen molar-refractivity contribution in [2.24, 2.45) is 23.0 Å². The Morgan fingerprint density at radius 3 is 2.33 bits per heavy atom. The molecule has 1 fully saturated rings. The van der Waals surface area contributed by atoms with Crippen LogP contribution in [0.1, 0.15) is 67.3 Å². The summed E-state index contributed by atoms with van der Waals surface area (Å²) in [5.74, 6) is 0.00378. The molecule has 114 valence electrons. The van der Waals surface area contributed by atoms with Gasteiger partial charge in [0.2, 0.25) is 0 Å². The number of carbonyl (C=O) groups excluding carboxylic acids is 2. The van der Waals surface area contributed by atoms with Gasteiger partial charge in [0.15, 0.2) is 5.78 Å². The van der Waals surface area contributed by atoms with Crippen LogP contribution < -0.4 is 5.73 Å². The molecule has 0 aromatic carbocycles. The summed E-state index contributed by atoms with van der Waals surface area (Å²) < 4.78 is 0. The van der Waals surface area contributed by atoms with Gasteiger partial charge in [-0.25, -0.2) is 0 Å². The lowest BCUT2D eigenvalue weighted by Gasteiger charge is -2.36. The van der Waals surface area contributed by atoms with E-state index in [0.717, 1.165) is 25.7 Å². The third-order valence-corrected chi connectivity index (χ3v) is 4.63. The van der Waals surface area contributed by atoms with Gasteiger partial charge in [0.1, 0.15) is 5.69 Å². The van der Waals surface area contributed by atoms with E-state index in [1.165, 1.54) is 0 Å². The minimum atomic E-state index is -0.588. The summed E-state index contributed by atoms with van der Waals surface area (Å²) in [5, 5.41) is 0. The zero-order chi connectivity index (χ0) is 15.6. The summed E-state index contributed by atoms with van der Waals surface area (Å²) in [6, 6.07) is 3.21. The zero-order valence-electron chi connectivity index (χ0n) is 13.1. The molecule has 0 aliphatic heterocycles. The van der Waals surface area contributed by atoms with Crippen LogP contribution in [-0.4, -0.2) is 16.7 Å². The Kier molecular flexibility index (Phi) is 4.45. The van der Waals surface area contributed by atoms with Crippen LogP contribution >= 0.6 is 0 Å². The first kappa shape index (κ1) is 15.7. The molecule has 1 saturated carbocycles. The van der Waals surface area contributed by atoms with Crippen LogP contribution in [-0.2, 0) is 0 Å². The summed E-state index contributed by atoms with van der Waals surface area (Å²) in [5.41, 5.74) is 6.10. The van der Waals surface area contributed by atoms with E-state index in [0.29, 0.717) is 5.92 Å². The number of carbonyl (C=O) groups is 2. The fourth-order valence-corrected chi connectivity index (χ4v) is 3.22. The Labute approximate surface area is 126 Å². The van der Waals surface area contributed by atoms with Crippen molar-refractivity contribution in [2.45, 2.75) is 46.5 Å². The Balaban J connectivity index is 2.11. The molecule has 21 heavy (non-hydrogen) atoms. The molecule has 2 rings (SSSR count). The van der Waals surface area contributed by atoms with Crippen molar-refractivity contribution in [1.82, 2.24) is 4.98 Å². The van der Waals surface area contributed by atoms with Gasteiger partial charge in [-0.3, -0.25) is 14.6 Å². The number of Topliss-reactive ketones (excluding diaryl/α,β-unsaturated/α-hetero) is 1. The molecule has 1 aliphatic rings. The fraction of sp³-hybridized carbons (Fsp3) is 0.588. The number of pyridine rings is 1. The normalized spacial score (nSPS) is 22.8. The van der Waals surface area contributed by atoms with Gasteiger partial charge >= 0.3 is 0 Å². The number of hydrogen-bond acceptors (Lipinski definition) is 3. The largest absolute Gasteiger partial charge is 0.366 e. The Hall–Kier alpha value is -1.71. The predicted octanol–water partition coefficient (Wildman–Crippen LogP) is 3.22. The second-order valence-electron chi connectivity index (χ2n) is 7.04. The lowest BCUT2D eigenvalue weighted by atomic mass is 9.69. The molecule has 0 radical (unpaired) electrons. The average Bonchev–Trinajstić information content (AvgIpc) is 2.45. The van der Waals surface area contributed by atoms with Crippen LogP contribution in [0.5, 0.6) is 0 Å². The van der Waals surface area contributed by atoms with E-state index in [2.05, 4.69) is 25.8 Å². The average molecular weight is 288 g/mol. The molecular weight excluding hydrogens is 264 g/mol. The quantitative estimate of drug-likeness (QED) is 0.868. The number of nitrogens with two attached hydrogens (primary N) is 1. The van der Waals surface area contributed by atoms with E-state index in [4.69, 9.17) is 5.73 Å². The van der Waals surface area contributed by atoms with Crippen LogP contribution in [0, 0.1) is 17.3 Å². The first-order valence-electron chi connectivity index (χ1n) is 7.59. The lowest BCUT2D eigenvalue weighted by Crippen LogP contribution is -2.30. The van der Waals surface area contributed by atoms with Gasteiger partial charge in [0, 0.05) is 12.1 Å². The molecule has 4 heteroatoms. The third kappa shape index (κ3) is 3.49. The van der Waals surface area contributed by atoms with E-state index < -0.39 is 5.91 Å². The van der Waals surface area contributed by atoms with Crippen LogP contribution in [0.25, 0.3) is 0 Å². The van der Waals surface area contributed by atoms with Gasteiger partial charge in [-0.05, 0) is 49.1 Å². The van der Waals surface area contributed by atoms with Gasteiger partial charge in [-0.1, -0.05) is 20.8 Å². The molecule has 0 atom stereocenters. The Morgan fingerprint density at radius 2 is 1.81 bits per heavy atom. The fourth-order valence-electron chi connectivity index (χ4n) is 3.22. The summed E-state index contributed by atoms with van der Waals surface area (Å²) in [6.45, 7) is 6.76. The van der Waals surface area contributed by atoms with Crippen molar-refractivity contribution in [3.63, 3.8) is 0 Å². The molecule has 0 unspecified atom stereocenters.